The van der Waals surface area contributed by atoms with Crippen molar-refractivity contribution in [2.45, 2.75) is 45.4 Å². The van der Waals surface area contributed by atoms with E-state index in [1.165, 1.54) is 0 Å². The van der Waals surface area contributed by atoms with Crippen LogP contribution in [0.5, 0.6) is 11.5 Å². The maximum atomic E-state index is 9.73. The molecule has 0 unspecified atom stereocenters. The first kappa shape index (κ1) is 18.6. The minimum Gasteiger partial charge on any atom is -0.504 e. The van der Waals surface area contributed by atoms with E-state index in [9.17, 15) is 5.11 Å². The third kappa shape index (κ3) is 3.52. The lowest BCUT2D eigenvalue weighted by molar-refractivity contribution is 0.00578. The van der Waals surface area contributed by atoms with E-state index in [0.717, 1.165) is 16.7 Å². The molecule has 0 aromatic heterocycles. The largest absolute Gasteiger partial charge is 0.504 e. The summed E-state index contributed by atoms with van der Waals surface area (Å²) in [6.07, 6.45) is 0. The third-order valence-corrected chi connectivity index (χ3v) is 5.20. The molecule has 3 rings (SSSR count). The SMILES string of the molecule is COc1cc(CNc2ccccc2B2OC(C)(C)C(C)(C)O2)ccc1O. The molecular weight excluding hydrogens is 329 g/mol. The minimum absolute atomic E-state index is 0.133. The van der Waals surface area contributed by atoms with E-state index in [4.69, 9.17) is 14.0 Å². The first-order valence-electron chi connectivity index (χ1n) is 8.78. The molecule has 1 aliphatic rings. The number of hydrogen-bond donors (Lipinski definition) is 2. The van der Waals surface area contributed by atoms with E-state index in [1.54, 1.807) is 13.2 Å². The van der Waals surface area contributed by atoms with Crippen molar-refractivity contribution in [3.63, 3.8) is 0 Å². The van der Waals surface area contributed by atoms with Gasteiger partial charge in [-0.25, -0.2) is 0 Å². The maximum absolute atomic E-state index is 9.73. The van der Waals surface area contributed by atoms with Crippen LogP contribution in [0.3, 0.4) is 0 Å². The molecule has 5 nitrogen and oxygen atoms in total. The fraction of sp³-hybridized carbons (Fsp3) is 0.400. The predicted molar refractivity (Wildman–Crippen MR) is 104 cm³/mol. The van der Waals surface area contributed by atoms with Crippen LogP contribution in [-0.2, 0) is 15.9 Å². The Morgan fingerprint density at radius 3 is 2.35 bits per heavy atom. The van der Waals surface area contributed by atoms with E-state index in [1.807, 2.05) is 64.1 Å². The summed E-state index contributed by atoms with van der Waals surface area (Å²) in [5, 5.41) is 13.2. The van der Waals surface area contributed by atoms with Gasteiger partial charge in [-0.3, -0.25) is 0 Å². The topological polar surface area (TPSA) is 60.0 Å². The lowest BCUT2D eigenvalue weighted by atomic mass is 9.78. The smallest absolute Gasteiger partial charge is 0.496 e. The minimum atomic E-state index is -0.418. The molecule has 1 heterocycles. The molecule has 0 radical (unpaired) electrons. The Balaban J connectivity index is 1.78. The van der Waals surface area contributed by atoms with Crippen molar-refractivity contribution in [2.75, 3.05) is 12.4 Å². The average molecular weight is 355 g/mol. The van der Waals surface area contributed by atoms with Crippen LogP contribution in [0.2, 0.25) is 0 Å². The van der Waals surface area contributed by atoms with Gasteiger partial charge in [0.05, 0.1) is 18.3 Å². The van der Waals surface area contributed by atoms with Gasteiger partial charge in [0.1, 0.15) is 0 Å². The van der Waals surface area contributed by atoms with Gasteiger partial charge >= 0.3 is 7.12 Å². The Hall–Kier alpha value is -2.18. The molecule has 0 saturated carbocycles. The zero-order valence-electron chi connectivity index (χ0n) is 16.0. The van der Waals surface area contributed by atoms with Crippen LogP contribution in [0.1, 0.15) is 33.3 Å². The number of benzene rings is 2. The maximum Gasteiger partial charge on any atom is 0.496 e. The molecule has 2 N–H and O–H groups in total. The fourth-order valence-electron chi connectivity index (χ4n) is 2.86. The molecule has 6 heteroatoms. The number of methoxy groups -OCH3 is 1. The number of anilines is 1. The van der Waals surface area contributed by atoms with Crippen LogP contribution in [0, 0.1) is 0 Å². The molecule has 2 aromatic rings. The number of phenols is 1. The summed E-state index contributed by atoms with van der Waals surface area (Å²) >= 11 is 0. The van der Waals surface area contributed by atoms with Crippen molar-refractivity contribution in [2.24, 2.45) is 0 Å². The summed E-state index contributed by atoms with van der Waals surface area (Å²) in [6, 6.07) is 13.3. The van der Waals surface area contributed by atoms with Gasteiger partial charge in [0.25, 0.3) is 0 Å². The second-order valence-corrected chi connectivity index (χ2v) is 7.54. The van der Waals surface area contributed by atoms with Gasteiger partial charge in [-0.1, -0.05) is 24.3 Å². The van der Waals surface area contributed by atoms with Crippen LogP contribution < -0.4 is 15.5 Å². The predicted octanol–water partition coefficient (Wildman–Crippen LogP) is 3.31. The first-order valence-corrected chi connectivity index (χ1v) is 8.78. The number of phenolic OH excluding ortho intramolecular Hbond substituents is 1. The van der Waals surface area contributed by atoms with E-state index < -0.39 is 7.12 Å². The van der Waals surface area contributed by atoms with E-state index >= 15 is 0 Å². The Labute approximate surface area is 155 Å². The van der Waals surface area contributed by atoms with E-state index in [2.05, 4.69) is 5.32 Å². The van der Waals surface area contributed by atoms with Gasteiger partial charge in [-0.05, 0) is 51.5 Å². The number of rotatable bonds is 5. The zero-order chi connectivity index (χ0) is 18.9. The molecule has 1 aliphatic heterocycles. The van der Waals surface area contributed by atoms with Crippen LogP contribution in [0.15, 0.2) is 42.5 Å². The lowest BCUT2D eigenvalue weighted by Gasteiger charge is -2.32. The highest BCUT2D eigenvalue weighted by Crippen LogP contribution is 2.37. The number of nitrogens with one attached hydrogen (secondary N) is 1. The van der Waals surface area contributed by atoms with Crippen LogP contribution in [-0.4, -0.2) is 30.5 Å². The highest BCUT2D eigenvalue weighted by Gasteiger charge is 2.52. The van der Waals surface area contributed by atoms with Crippen molar-refractivity contribution in [3.8, 4) is 11.5 Å². The summed E-state index contributed by atoms with van der Waals surface area (Å²) in [7, 11) is 1.12. The Bertz CT molecular complexity index is 775. The Morgan fingerprint density at radius 1 is 1.04 bits per heavy atom. The van der Waals surface area contributed by atoms with Crippen molar-refractivity contribution in [3.05, 3.63) is 48.0 Å². The average Bonchev–Trinajstić information content (AvgIpc) is 2.82. The number of aromatic hydroxyl groups is 1. The summed E-state index contributed by atoms with van der Waals surface area (Å²) in [6.45, 7) is 8.78. The van der Waals surface area contributed by atoms with Gasteiger partial charge < -0.3 is 24.5 Å². The third-order valence-electron chi connectivity index (χ3n) is 5.20. The molecule has 0 atom stereocenters. The van der Waals surface area contributed by atoms with Crippen molar-refractivity contribution in [1.29, 1.82) is 0 Å². The number of para-hydroxylation sites is 1. The van der Waals surface area contributed by atoms with Crippen LogP contribution in [0.4, 0.5) is 5.69 Å². The van der Waals surface area contributed by atoms with Crippen molar-refractivity contribution < 1.29 is 19.2 Å². The molecule has 0 bridgehead atoms. The summed E-state index contributed by atoms with van der Waals surface area (Å²) in [4.78, 5) is 0. The van der Waals surface area contributed by atoms with Gasteiger partial charge in [-0.2, -0.15) is 0 Å². The molecular formula is C20H26BNO4. The van der Waals surface area contributed by atoms with Gasteiger partial charge in [-0.15, -0.1) is 0 Å². The lowest BCUT2D eigenvalue weighted by Crippen LogP contribution is -2.41. The second-order valence-electron chi connectivity index (χ2n) is 7.54. The van der Waals surface area contributed by atoms with Gasteiger partial charge in [0.15, 0.2) is 11.5 Å². The van der Waals surface area contributed by atoms with Gasteiger partial charge in [0, 0.05) is 17.7 Å². The molecule has 1 saturated heterocycles. The van der Waals surface area contributed by atoms with E-state index in [0.29, 0.717) is 12.3 Å². The quantitative estimate of drug-likeness (QED) is 0.806. The number of hydrogen-bond acceptors (Lipinski definition) is 5. The normalized spacial score (nSPS) is 18.0. The standard InChI is InChI=1S/C20H26BNO4/c1-19(2)20(3,4)26-21(25-19)15-8-6-7-9-16(15)22-13-14-10-11-17(23)18(12-14)24-5/h6-12,22-23H,13H2,1-5H3. The molecule has 138 valence electrons. The molecule has 26 heavy (non-hydrogen) atoms. The fourth-order valence-corrected chi connectivity index (χ4v) is 2.86. The van der Waals surface area contributed by atoms with Crippen molar-refractivity contribution in [1.82, 2.24) is 0 Å². The molecule has 0 spiro atoms. The van der Waals surface area contributed by atoms with Crippen LogP contribution >= 0.6 is 0 Å². The van der Waals surface area contributed by atoms with Crippen molar-refractivity contribution >= 4 is 18.3 Å². The van der Waals surface area contributed by atoms with Crippen LogP contribution in [0.25, 0.3) is 0 Å². The molecule has 2 aromatic carbocycles. The van der Waals surface area contributed by atoms with Gasteiger partial charge in [0.2, 0.25) is 0 Å². The Kier molecular flexibility index (Phi) is 4.91. The molecule has 1 fully saturated rings. The second kappa shape index (κ2) is 6.85. The first-order chi connectivity index (χ1) is 12.2. The van der Waals surface area contributed by atoms with E-state index in [-0.39, 0.29) is 17.0 Å². The monoisotopic (exact) mass is 355 g/mol. The highest BCUT2D eigenvalue weighted by molar-refractivity contribution is 6.63. The highest BCUT2D eigenvalue weighted by atomic mass is 16.7. The summed E-state index contributed by atoms with van der Waals surface area (Å²) in [5.41, 5.74) is 2.17. The number of ether oxygens (including phenoxy) is 1. The summed E-state index contributed by atoms with van der Waals surface area (Å²) in [5.74, 6) is 0.595. The zero-order valence-corrected chi connectivity index (χ0v) is 16.0. The molecule has 0 amide bonds. The summed E-state index contributed by atoms with van der Waals surface area (Å²) < 4.78 is 17.5. The Morgan fingerprint density at radius 2 is 1.69 bits per heavy atom. The molecule has 0 aliphatic carbocycles.